The maximum Gasteiger partial charge on any atom is 0.417 e. The van der Waals surface area contributed by atoms with Gasteiger partial charge in [0.15, 0.2) is 12.4 Å². The number of tetrazole rings is 1. The average Bonchev–Trinajstić information content (AvgIpc) is 3.16. The van der Waals surface area contributed by atoms with E-state index in [0.717, 1.165) is 12.1 Å². The van der Waals surface area contributed by atoms with Crippen LogP contribution in [-0.4, -0.2) is 42.7 Å². The van der Waals surface area contributed by atoms with Crippen LogP contribution in [0, 0.1) is 0 Å². The van der Waals surface area contributed by atoms with Gasteiger partial charge in [0.1, 0.15) is 12.7 Å². The number of nitrogens with one attached hydrogen (secondary N) is 1. The van der Waals surface area contributed by atoms with Crippen LogP contribution in [-0.2, 0) is 11.0 Å². The van der Waals surface area contributed by atoms with E-state index in [1.807, 2.05) is 0 Å². The van der Waals surface area contributed by atoms with Gasteiger partial charge in [0, 0.05) is 11.8 Å². The Balaban J connectivity index is 1.63. The highest BCUT2D eigenvalue weighted by Crippen LogP contribution is 2.36. The second-order valence-electron chi connectivity index (χ2n) is 5.00. The molecule has 0 saturated heterocycles. The molecule has 0 aliphatic carbocycles. The summed E-state index contributed by atoms with van der Waals surface area (Å²) in [6, 6.07) is 4.41. The lowest BCUT2D eigenvalue weighted by atomic mass is 10.2. The Labute approximate surface area is 154 Å². The van der Waals surface area contributed by atoms with Crippen LogP contribution in [0.4, 0.5) is 18.9 Å². The maximum absolute atomic E-state index is 12.8. The van der Waals surface area contributed by atoms with Crippen molar-refractivity contribution in [1.29, 1.82) is 0 Å². The zero-order valence-electron chi connectivity index (χ0n) is 13.2. The number of carbonyl (C=O) groups is 1. The number of nitrogens with zero attached hydrogens (tertiary/aromatic N) is 6. The van der Waals surface area contributed by atoms with Gasteiger partial charge >= 0.3 is 6.18 Å². The number of alkyl halides is 3. The van der Waals surface area contributed by atoms with E-state index >= 15 is 0 Å². The van der Waals surface area contributed by atoms with Gasteiger partial charge in [0.25, 0.3) is 5.91 Å². The van der Waals surface area contributed by atoms with Crippen molar-refractivity contribution in [2.75, 3.05) is 11.9 Å². The number of benzene rings is 1. The fraction of sp³-hybridized carbons (Fsp3) is 0.143. The van der Waals surface area contributed by atoms with Gasteiger partial charge in [-0.1, -0.05) is 11.6 Å². The van der Waals surface area contributed by atoms with E-state index in [1.165, 1.54) is 29.5 Å². The van der Waals surface area contributed by atoms with Gasteiger partial charge in [-0.2, -0.15) is 17.9 Å². The van der Waals surface area contributed by atoms with Gasteiger partial charge < -0.3 is 10.1 Å². The fourth-order valence-corrected chi connectivity index (χ4v) is 2.18. The Morgan fingerprint density at radius 3 is 2.78 bits per heavy atom. The molecule has 3 aromatic rings. The van der Waals surface area contributed by atoms with E-state index in [4.69, 9.17) is 16.3 Å². The Morgan fingerprint density at radius 2 is 2.07 bits per heavy atom. The number of amides is 1. The molecule has 140 valence electrons. The SMILES string of the molecule is O=C(COc1cc(-n2cnnn2)ncn1)Nc1ccc(Cl)c(C(F)(F)F)c1. The number of carbonyl (C=O) groups excluding carboxylic acids is 1. The molecule has 0 aliphatic rings. The summed E-state index contributed by atoms with van der Waals surface area (Å²) in [6.45, 7) is -0.490. The average molecular weight is 400 g/mol. The summed E-state index contributed by atoms with van der Waals surface area (Å²) in [5.41, 5.74) is -1.12. The minimum Gasteiger partial charge on any atom is -0.467 e. The lowest BCUT2D eigenvalue weighted by Gasteiger charge is -2.12. The zero-order valence-corrected chi connectivity index (χ0v) is 13.9. The molecule has 0 bridgehead atoms. The van der Waals surface area contributed by atoms with Gasteiger partial charge in [-0.05, 0) is 28.6 Å². The van der Waals surface area contributed by atoms with Gasteiger partial charge in [0.2, 0.25) is 5.88 Å². The van der Waals surface area contributed by atoms with Crippen LogP contribution in [0.2, 0.25) is 5.02 Å². The molecule has 0 aliphatic heterocycles. The van der Waals surface area contributed by atoms with Crippen molar-refractivity contribution in [3.8, 4) is 11.7 Å². The summed E-state index contributed by atoms with van der Waals surface area (Å²) in [5.74, 6) is -0.330. The molecule has 0 atom stereocenters. The van der Waals surface area contributed by atoms with Gasteiger partial charge in [-0.15, -0.1) is 5.10 Å². The molecule has 1 amide bonds. The minimum absolute atomic E-state index is 0.0535. The first-order valence-electron chi connectivity index (χ1n) is 7.18. The summed E-state index contributed by atoms with van der Waals surface area (Å²) in [7, 11) is 0. The first-order chi connectivity index (χ1) is 12.8. The maximum atomic E-state index is 12.8. The van der Waals surface area contributed by atoms with E-state index in [-0.39, 0.29) is 11.6 Å². The van der Waals surface area contributed by atoms with Crippen LogP contribution in [0.25, 0.3) is 5.82 Å². The Kier molecular flexibility index (Phi) is 5.16. The van der Waals surface area contributed by atoms with E-state index in [0.29, 0.717) is 5.82 Å². The lowest BCUT2D eigenvalue weighted by Crippen LogP contribution is -2.21. The van der Waals surface area contributed by atoms with E-state index in [9.17, 15) is 18.0 Å². The van der Waals surface area contributed by atoms with Crippen LogP contribution in [0.5, 0.6) is 5.88 Å². The normalized spacial score (nSPS) is 11.3. The third-order valence-electron chi connectivity index (χ3n) is 3.12. The van der Waals surface area contributed by atoms with E-state index in [2.05, 4.69) is 30.8 Å². The highest BCUT2D eigenvalue weighted by atomic mass is 35.5. The monoisotopic (exact) mass is 399 g/mol. The fourth-order valence-electron chi connectivity index (χ4n) is 1.96. The molecule has 0 radical (unpaired) electrons. The van der Waals surface area contributed by atoms with Crippen molar-refractivity contribution in [1.82, 2.24) is 30.2 Å². The van der Waals surface area contributed by atoms with Gasteiger partial charge in [-0.25, -0.2) is 9.97 Å². The number of hydrogen-bond acceptors (Lipinski definition) is 7. The molecule has 0 spiro atoms. The van der Waals surface area contributed by atoms with Crippen molar-refractivity contribution in [3.05, 3.63) is 47.5 Å². The molecule has 1 N–H and O–H groups in total. The van der Waals surface area contributed by atoms with Gasteiger partial charge in [-0.3, -0.25) is 4.79 Å². The molecule has 2 aromatic heterocycles. The summed E-state index contributed by atoms with van der Waals surface area (Å²) >= 11 is 5.53. The third-order valence-corrected chi connectivity index (χ3v) is 3.45. The van der Waals surface area contributed by atoms with E-state index < -0.39 is 29.3 Å². The smallest absolute Gasteiger partial charge is 0.417 e. The molecular formula is C14H9ClF3N7O2. The second kappa shape index (κ2) is 7.53. The molecule has 1 aromatic carbocycles. The number of hydrogen-bond donors (Lipinski definition) is 1. The third kappa shape index (κ3) is 4.67. The van der Waals surface area contributed by atoms with Crippen molar-refractivity contribution >= 4 is 23.2 Å². The first kappa shape index (κ1) is 18.5. The topological polar surface area (TPSA) is 108 Å². The van der Waals surface area contributed by atoms with Crippen molar-refractivity contribution in [3.63, 3.8) is 0 Å². The quantitative estimate of drug-likeness (QED) is 0.700. The highest BCUT2D eigenvalue weighted by molar-refractivity contribution is 6.31. The molecule has 0 saturated carbocycles. The molecule has 2 heterocycles. The molecule has 0 fully saturated rings. The van der Waals surface area contributed by atoms with E-state index in [1.54, 1.807) is 0 Å². The predicted octanol–water partition coefficient (Wildman–Crippen LogP) is 2.14. The van der Waals surface area contributed by atoms with Crippen molar-refractivity contribution < 1.29 is 22.7 Å². The van der Waals surface area contributed by atoms with Crippen molar-refractivity contribution in [2.45, 2.75) is 6.18 Å². The summed E-state index contributed by atoms with van der Waals surface area (Å²) < 4.78 is 45.0. The Bertz CT molecular complexity index is 950. The standard InChI is InChI=1S/C14H9ClF3N7O2/c15-10-2-1-8(3-9(10)14(16,17)18)22-12(26)5-27-13-4-11(19-6-20-13)25-7-21-23-24-25/h1-4,6-7H,5H2,(H,22,26). The van der Waals surface area contributed by atoms with Crippen LogP contribution in [0.3, 0.4) is 0 Å². The number of anilines is 1. The summed E-state index contributed by atoms with van der Waals surface area (Å²) in [4.78, 5) is 19.7. The first-order valence-corrected chi connectivity index (χ1v) is 7.55. The highest BCUT2D eigenvalue weighted by Gasteiger charge is 2.33. The Hall–Kier alpha value is -3.28. The van der Waals surface area contributed by atoms with Crippen LogP contribution < -0.4 is 10.1 Å². The zero-order chi connectivity index (χ0) is 19.4. The predicted molar refractivity (Wildman–Crippen MR) is 85.3 cm³/mol. The second-order valence-corrected chi connectivity index (χ2v) is 5.41. The van der Waals surface area contributed by atoms with Crippen LogP contribution in [0.1, 0.15) is 5.56 Å². The lowest BCUT2D eigenvalue weighted by molar-refractivity contribution is -0.137. The minimum atomic E-state index is -4.64. The van der Waals surface area contributed by atoms with Crippen LogP contribution in [0.15, 0.2) is 36.9 Å². The molecule has 9 nitrogen and oxygen atoms in total. The number of rotatable bonds is 5. The molecular weight excluding hydrogens is 391 g/mol. The summed E-state index contributed by atoms with van der Waals surface area (Å²) in [5, 5.41) is 12.4. The molecule has 0 unspecified atom stereocenters. The van der Waals surface area contributed by atoms with Crippen LogP contribution >= 0.6 is 11.6 Å². The number of halogens is 4. The van der Waals surface area contributed by atoms with Crippen molar-refractivity contribution in [2.24, 2.45) is 0 Å². The molecule has 27 heavy (non-hydrogen) atoms. The summed E-state index contributed by atoms with van der Waals surface area (Å²) in [6.07, 6.45) is -2.15. The van der Waals surface area contributed by atoms with Gasteiger partial charge in [0.05, 0.1) is 10.6 Å². The number of aromatic nitrogens is 6. The largest absolute Gasteiger partial charge is 0.467 e. The number of ether oxygens (including phenoxy) is 1. The molecule has 3 rings (SSSR count). The molecule has 13 heteroatoms. The Morgan fingerprint density at radius 1 is 1.26 bits per heavy atom.